The molecule has 8 heteroatoms. The average Bonchev–Trinajstić information content (AvgIpc) is 3.49. The van der Waals surface area contributed by atoms with E-state index in [1.54, 1.807) is 29.2 Å². The van der Waals surface area contributed by atoms with Crippen LogP contribution in [0.4, 0.5) is 5.13 Å². The molecule has 2 amide bonds. The third kappa shape index (κ3) is 4.13. The van der Waals surface area contributed by atoms with Crippen molar-refractivity contribution in [2.75, 3.05) is 11.9 Å². The molecule has 7 nitrogen and oxygen atoms in total. The van der Waals surface area contributed by atoms with Gasteiger partial charge >= 0.3 is 0 Å². The summed E-state index contributed by atoms with van der Waals surface area (Å²) < 4.78 is 11.1. The monoisotopic (exact) mass is 445 g/mol. The summed E-state index contributed by atoms with van der Waals surface area (Å²) in [5, 5.41) is 3.26. The van der Waals surface area contributed by atoms with Crippen molar-refractivity contribution < 1.29 is 18.7 Å². The summed E-state index contributed by atoms with van der Waals surface area (Å²) in [6, 6.07) is 19.9. The fourth-order valence-electron chi connectivity index (χ4n) is 3.51. The van der Waals surface area contributed by atoms with Gasteiger partial charge < -0.3 is 14.1 Å². The van der Waals surface area contributed by atoms with E-state index in [1.807, 2.05) is 42.5 Å². The molecule has 0 unspecified atom stereocenters. The largest absolute Gasteiger partial charge is 0.459 e. The SMILES string of the molecule is O=C(Nc1nc2c(s1)CN(C(=O)c1ccccc1Oc1ccccc1)CC2)c1ccco1. The van der Waals surface area contributed by atoms with Gasteiger partial charge in [0.15, 0.2) is 10.9 Å². The number of benzene rings is 2. The predicted molar refractivity (Wildman–Crippen MR) is 120 cm³/mol. The number of carbonyl (C=O) groups excluding carboxylic acids is 2. The lowest BCUT2D eigenvalue weighted by molar-refractivity contribution is 0.0733. The number of nitrogens with zero attached hydrogens (tertiary/aromatic N) is 2. The highest BCUT2D eigenvalue weighted by atomic mass is 32.1. The number of hydrogen-bond acceptors (Lipinski definition) is 6. The molecule has 5 rings (SSSR count). The van der Waals surface area contributed by atoms with Gasteiger partial charge in [0.1, 0.15) is 11.5 Å². The Kier molecular flexibility index (Phi) is 5.43. The van der Waals surface area contributed by atoms with Crippen LogP contribution in [0.2, 0.25) is 0 Å². The molecule has 0 bridgehead atoms. The van der Waals surface area contributed by atoms with Crippen molar-refractivity contribution in [3.63, 3.8) is 0 Å². The minimum atomic E-state index is -0.346. The summed E-state index contributed by atoms with van der Waals surface area (Å²) in [4.78, 5) is 32.8. The van der Waals surface area contributed by atoms with Crippen LogP contribution in [0, 0.1) is 0 Å². The number of aromatic nitrogens is 1. The van der Waals surface area contributed by atoms with E-state index in [0.29, 0.717) is 41.7 Å². The number of rotatable bonds is 5. The summed E-state index contributed by atoms with van der Waals surface area (Å²) in [6.45, 7) is 0.975. The zero-order chi connectivity index (χ0) is 21.9. The van der Waals surface area contributed by atoms with Crippen molar-refractivity contribution >= 4 is 28.3 Å². The average molecular weight is 446 g/mol. The van der Waals surface area contributed by atoms with E-state index < -0.39 is 0 Å². The van der Waals surface area contributed by atoms with E-state index in [2.05, 4.69) is 10.3 Å². The molecule has 2 aromatic heterocycles. The standard InChI is InChI=1S/C24H19N3O4S/c28-22(20-11-6-14-30-20)26-24-25-18-12-13-27(15-21(18)32-24)23(29)17-9-4-5-10-19(17)31-16-7-2-1-3-8-16/h1-11,14H,12-13,15H2,(H,25,26,28). The van der Waals surface area contributed by atoms with Gasteiger partial charge in [-0.25, -0.2) is 4.98 Å². The molecule has 0 saturated heterocycles. The van der Waals surface area contributed by atoms with Crippen molar-refractivity contribution in [1.82, 2.24) is 9.88 Å². The van der Waals surface area contributed by atoms with Crippen LogP contribution in [0.25, 0.3) is 0 Å². The number of hydrogen-bond donors (Lipinski definition) is 1. The van der Waals surface area contributed by atoms with E-state index in [1.165, 1.54) is 17.6 Å². The van der Waals surface area contributed by atoms with Crippen LogP contribution in [-0.4, -0.2) is 28.2 Å². The Hall–Kier alpha value is -3.91. The number of ether oxygens (including phenoxy) is 1. The molecule has 1 aliphatic heterocycles. The van der Waals surface area contributed by atoms with E-state index >= 15 is 0 Å². The molecule has 0 atom stereocenters. The summed E-state index contributed by atoms with van der Waals surface area (Å²) in [6.07, 6.45) is 2.07. The molecule has 1 aliphatic rings. The Bertz CT molecular complexity index is 1250. The highest BCUT2D eigenvalue weighted by Crippen LogP contribution is 2.31. The van der Waals surface area contributed by atoms with Crippen molar-refractivity contribution in [2.24, 2.45) is 0 Å². The first-order valence-corrected chi connectivity index (χ1v) is 10.9. The number of anilines is 1. The first kappa shape index (κ1) is 20.0. The van der Waals surface area contributed by atoms with Gasteiger partial charge in [0.2, 0.25) is 0 Å². The van der Waals surface area contributed by atoms with Crippen molar-refractivity contribution in [1.29, 1.82) is 0 Å². The highest BCUT2D eigenvalue weighted by molar-refractivity contribution is 7.15. The second-order valence-corrected chi connectivity index (χ2v) is 8.29. The fraction of sp³-hybridized carbons (Fsp3) is 0.125. The molecule has 0 fully saturated rings. The van der Waals surface area contributed by atoms with Gasteiger partial charge in [0.05, 0.1) is 24.1 Å². The summed E-state index contributed by atoms with van der Waals surface area (Å²) >= 11 is 1.37. The lowest BCUT2D eigenvalue weighted by atomic mass is 10.1. The van der Waals surface area contributed by atoms with Gasteiger partial charge in [-0.3, -0.25) is 14.9 Å². The van der Waals surface area contributed by atoms with Crippen LogP contribution >= 0.6 is 11.3 Å². The Labute approximate surface area is 188 Å². The molecule has 0 saturated carbocycles. The summed E-state index contributed by atoms with van der Waals surface area (Å²) in [5.74, 6) is 0.973. The quantitative estimate of drug-likeness (QED) is 0.468. The van der Waals surface area contributed by atoms with Crippen LogP contribution in [0.5, 0.6) is 11.5 Å². The number of fused-ring (bicyclic) bond motifs is 1. The number of nitrogens with one attached hydrogen (secondary N) is 1. The van der Waals surface area contributed by atoms with E-state index in [9.17, 15) is 9.59 Å². The van der Waals surface area contributed by atoms with Gasteiger partial charge in [-0.2, -0.15) is 0 Å². The Morgan fingerprint density at radius 1 is 1.03 bits per heavy atom. The molecule has 0 spiro atoms. The first-order chi connectivity index (χ1) is 15.7. The predicted octanol–water partition coefficient (Wildman–Crippen LogP) is 4.98. The molecule has 0 radical (unpaired) electrons. The number of amides is 2. The van der Waals surface area contributed by atoms with Crippen molar-refractivity contribution in [3.8, 4) is 11.5 Å². The van der Waals surface area contributed by atoms with Gasteiger partial charge in [0, 0.05) is 17.8 Å². The van der Waals surface area contributed by atoms with Gasteiger partial charge in [-0.05, 0) is 36.4 Å². The second kappa shape index (κ2) is 8.68. The van der Waals surface area contributed by atoms with E-state index in [-0.39, 0.29) is 17.6 Å². The number of thiazole rings is 1. The maximum absolute atomic E-state index is 13.3. The fourth-order valence-corrected chi connectivity index (χ4v) is 4.53. The van der Waals surface area contributed by atoms with Crippen LogP contribution in [-0.2, 0) is 13.0 Å². The minimum absolute atomic E-state index is 0.100. The third-order valence-electron chi connectivity index (χ3n) is 5.07. The van der Waals surface area contributed by atoms with Gasteiger partial charge in [0.25, 0.3) is 11.8 Å². The van der Waals surface area contributed by atoms with Gasteiger partial charge in [-0.15, -0.1) is 0 Å². The lowest BCUT2D eigenvalue weighted by Crippen LogP contribution is -2.35. The van der Waals surface area contributed by atoms with Crippen molar-refractivity contribution in [3.05, 3.63) is 94.9 Å². The first-order valence-electron chi connectivity index (χ1n) is 10.1. The Morgan fingerprint density at radius 3 is 2.66 bits per heavy atom. The molecule has 1 N–H and O–H groups in total. The van der Waals surface area contributed by atoms with Crippen LogP contribution in [0.15, 0.2) is 77.4 Å². The lowest BCUT2D eigenvalue weighted by Gasteiger charge is -2.26. The maximum Gasteiger partial charge on any atom is 0.293 e. The maximum atomic E-state index is 13.3. The van der Waals surface area contributed by atoms with E-state index in [0.717, 1.165) is 10.6 Å². The van der Waals surface area contributed by atoms with Crippen LogP contribution in [0.1, 0.15) is 31.5 Å². The van der Waals surface area contributed by atoms with E-state index in [4.69, 9.17) is 9.15 Å². The minimum Gasteiger partial charge on any atom is -0.459 e. The third-order valence-corrected chi connectivity index (χ3v) is 6.07. The van der Waals surface area contributed by atoms with Gasteiger partial charge in [-0.1, -0.05) is 41.7 Å². The highest BCUT2D eigenvalue weighted by Gasteiger charge is 2.27. The zero-order valence-electron chi connectivity index (χ0n) is 17.0. The normalized spacial score (nSPS) is 12.8. The molecule has 3 heterocycles. The second-order valence-electron chi connectivity index (χ2n) is 7.21. The number of furan rings is 1. The molecular formula is C24H19N3O4S. The molecule has 0 aliphatic carbocycles. The number of para-hydroxylation sites is 2. The molecule has 2 aromatic carbocycles. The molecule has 32 heavy (non-hydrogen) atoms. The van der Waals surface area contributed by atoms with Crippen LogP contribution in [0.3, 0.4) is 0 Å². The van der Waals surface area contributed by atoms with Crippen molar-refractivity contribution in [2.45, 2.75) is 13.0 Å². The smallest absolute Gasteiger partial charge is 0.293 e. The molecular weight excluding hydrogens is 426 g/mol. The summed E-state index contributed by atoms with van der Waals surface area (Å²) in [7, 11) is 0. The Balaban J connectivity index is 1.31. The molecule has 160 valence electrons. The topological polar surface area (TPSA) is 84.7 Å². The summed E-state index contributed by atoms with van der Waals surface area (Å²) in [5.41, 5.74) is 1.42. The zero-order valence-corrected chi connectivity index (χ0v) is 17.8. The van der Waals surface area contributed by atoms with Crippen LogP contribution < -0.4 is 10.1 Å². The molecule has 4 aromatic rings. The Morgan fingerprint density at radius 2 is 1.84 bits per heavy atom. The number of carbonyl (C=O) groups is 2.